The highest BCUT2D eigenvalue weighted by molar-refractivity contribution is 7.47. The average Bonchev–Trinajstić information content (AvgIpc) is 3.24. The molecule has 17 nitrogen and oxygen atoms in total. The molecule has 5 unspecified atom stereocenters. The van der Waals surface area contributed by atoms with E-state index in [1.807, 2.05) is 36.5 Å². The summed E-state index contributed by atoms with van der Waals surface area (Å²) in [7, 11) is -10.7. The van der Waals surface area contributed by atoms with Gasteiger partial charge in [-0.2, -0.15) is 0 Å². The van der Waals surface area contributed by atoms with Crippen LogP contribution in [0.25, 0.3) is 0 Å². The highest BCUT2D eigenvalue weighted by Crippen LogP contribution is 2.49. The molecule has 64 heavy (non-hydrogen) atoms. The zero-order chi connectivity index (χ0) is 47.6. The Bertz CT molecular complexity index is 1540. The standard InChI is InChI=1S/C45H76O17P2/c1-3-5-7-9-11-12-13-14-15-16-20-24-28-32-38(47)58-34-37(35-59-64(56,57)62-45-42(51)40(49)41(50)44(43(45)52)61-63(53,54)55)60-39(48)33-29-25-21-17-19-23-27-31-36(46)30-26-22-18-10-8-6-4-2/h7,9,12-13,17-18,21-23,26-27,30,36-37,40-46,49-52H,3-6,8,10-11,14-16,19-20,24-25,28-29,31-35H2,1-2H3,(H,56,57)(H2,53,54,55)/b9-7-,13-12-,21-17+,22-18-,27-23-,30-26-/t36-,37+,40?,41?,42?,43?,44+,45-/m0/s1. The molecule has 1 fully saturated rings. The zero-order valence-corrected chi connectivity index (χ0v) is 39.3. The van der Waals surface area contributed by atoms with Gasteiger partial charge in [0, 0.05) is 12.8 Å². The molecule has 0 bridgehead atoms. The largest absolute Gasteiger partial charge is 0.472 e. The van der Waals surface area contributed by atoms with Crippen LogP contribution < -0.4 is 0 Å². The highest BCUT2D eigenvalue weighted by Gasteiger charge is 2.54. The fourth-order valence-electron chi connectivity index (χ4n) is 6.25. The molecule has 1 saturated carbocycles. The third-order valence-corrected chi connectivity index (χ3v) is 11.3. The van der Waals surface area contributed by atoms with Crippen molar-refractivity contribution in [1.29, 1.82) is 0 Å². The molecule has 0 spiro atoms. The Morgan fingerprint density at radius 1 is 0.578 bits per heavy atom. The second-order valence-electron chi connectivity index (χ2n) is 15.6. The molecule has 9 atom stereocenters. The molecule has 0 saturated heterocycles. The summed E-state index contributed by atoms with van der Waals surface area (Å²) in [5, 5.41) is 51.3. The molecular weight excluding hydrogens is 874 g/mol. The molecule has 1 rings (SSSR count). The molecule has 368 valence electrons. The zero-order valence-electron chi connectivity index (χ0n) is 37.5. The van der Waals surface area contributed by atoms with Crippen LogP contribution in [0.15, 0.2) is 72.9 Å². The predicted octanol–water partition coefficient (Wildman–Crippen LogP) is 7.03. The van der Waals surface area contributed by atoms with Crippen LogP contribution in [0.2, 0.25) is 0 Å². The van der Waals surface area contributed by atoms with Crippen LogP contribution in [0.3, 0.4) is 0 Å². The van der Waals surface area contributed by atoms with Gasteiger partial charge in [-0.3, -0.25) is 23.2 Å². The summed E-state index contributed by atoms with van der Waals surface area (Å²) in [6.45, 7) is 2.86. The van der Waals surface area contributed by atoms with Crippen LogP contribution in [-0.2, 0) is 41.8 Å². The van der Waals surface area contributed by atoms with E-state index in [9.17, 15) is 49.1 Å². The number of phosphoric ester groups is 2. The number of aliphatic hydroxyl groups excluding tert-OH is 5. The van der Waals surface area contributed by atoms with Crippen molar-refractivity contribution in [2.45, 2.75) is 185 Å². The van der Waals surface area contributed by atoms with E-state index in [1.54, 1.807) is 6.08 Å². The first kappa shape index (κ1) is 59.4. The number of unbranched alkanes of at least 4 members (excludes halogenated alkanes) is 10. The molecule has 1 aliphatic carbocycles. The summed E-state index contributed by atoms with van der Waals surface area (Å²) in [5.74, 6) is -1.34. The number of rotatable bonds is 36. The first-order valence-electron chi connectivity index (χ1n) is 22.6. The molecule has 0 radical (unpaired) electrons. The van der Waals surface area contributed by atoms with Crippen molar-refractivity contribution in [2.75, 3.05) is 13.2 Å². The Morgan fingerprint density at radius 3 is 1.80 bits per heavy atom. The van der Waals surface area contributed by atoms with Crippen LogP contribution in [0.4, 0.5) is 0 Å². The summed E-state index contributed by atoms with van der Waals surface area (Å²) < 4.78 is 49.2. The first-order chi connectivity index (χ1) is 30.5. The van der Waals surface area contributed by atoms with E-state index in [4.69, 9.17) is 28.3 Å². The maximum atomic E-state index is 13.0. The lowest BCUT2D eigenvalue weighted by atomic mass is 9.85. The van der Waals surface area contributed by atoms with Crippen molar-refractivity contribution in [1.82, 2.24) is 0 Å². The minimum absolute atomic E-state index is 0.0725. The van der Waals surface area contributed by atoms with Gasteiger partial charge in [0.15, 0.2) is 6.10 Å². The molecule has 0 amide bonds. The summed E-state index contributed by atoms with van der Waals surface area (Å²) in [4.78, 5) is 54.2. The number of hydrogen-bond donors (Lipinski definition) is 8. The van der Waals surface area contributed by atoms with Crippen molar-refractivity contribution < 1.29 is 82.0 Å². The van der Waals surface area contributed by atoms with E-state index >= 15 is 0 Å². The number of esters is 2. The molecule has 8 N–H and O–H groups in total. The van der Waals surface area contributed by atoms with Gasteiger partial charge < -0.3 is 49.7 Å². The fourth-order valence-corrected chi connectivity index (χ4v) is 7.79. The number of ether oxygens (including phenoxy) is 2. The predicted molar refractivity (Wildman–Crippen MR) is 242 cm³/mol. The van der Waals surface area contributed by atoms with Gasteiger partial charge in [-0.25, -0.2) is 9.13 Å². The maximum absolute atomic E-state index is 13.0. The van der Waals surface area contributed by atoms with E-state index < -0.39 is 89.6 Å². The van der Waals surface area contributed by atoms with Gasteiger partial charge in [0.05, 0.1) is 12.7 Å². The summed E-state index contributed by atoms with van der Waals surface area (Å²) in [6, 6.07) is 0. The lowest BCUT2D eigenvalue weighted by Crippen LogP contribution is -2.64. The fraction of sp³-hybridized carbons (Fsp3) is 0.689. The number of aliphatic hydroxyl groups is 5. The molecule has 0 aromatic rings. The maximum Gasteiger partial charge on any atom is 0.472 e. The molecular formula is C45H76O17P2. The lowest BCUT2D eigenvalue weighted by Gasteiger charge is -2.43. The van der Waals surface area contributed by atoms with Crippen molar-refractivity contribution in [2.24, 2.45) is 0 Å². The second kappa shape index (κ2) is 35.6. The number of hydrogen-bond acceptors (Lipinski definition) is 14. The third-order valence-electron chi connectivity index (χ3n) is 9.81. The Hall–Kier alpha value is -2.60. The van der Waals surface area contributed by atoms with Crippen LogP contribution in [0.5, 0.6) is 0 Å². The Morgan fingerprint density at radius 2 is 1.14 bits per heavy atom. The minimum atomic E-state index is -5.38. The van der Waals surface area contributed by atoms with Crippen molar-refractivity contribution in [3.8, 4) is 0 Å². The van der Waals surface area contributed by atoms with Gasteiger partial charge in [-0.15, -0.1) is 0 Å². The SMILES string of the molecule is CCC/C=C\C/C=C\CCCCCCCC(=O)OC[C@H](COP(=O)(O)O[C@H]1C(O)C(O)C(O)[C@@H](OP(=O)(O)O)C1O)OC(=O)CCC/C=C/C/C=C\C[C@@H](O)/C=C\C=C/CCCCC. The molecule has 19 heteroatoms. The summed E-state index contributed by atoms with van der Waals surface area (Å²) >= 11 is 0. The van der Waals surface area contributed by atoms with Gasteiger partial charge >= 0.3 is 27.6 Å². The van der Waals surface area contributed by atoms with Gasteiger partial charge in [-0.1, -0.05) is 125 Å². The number of allylic oxidation sites excluding steroid dienone is 10. The smallest absolute Gasteiger partial charge is 0.462 e. The Kier molecular flexibility index (Phi) is 33.0. The van der Waals surface area contributed by atoms with Crippen LogP contribution in [-0.4, -0.2) is 114 Å². The first-order valence-corrected chi connectivity index (χ1v) is 25.6. The van der Waals surface area contributed by atoms with Crippen LogP contribution in [0.1, 0.15) is 136 Å². The molecule has 0 aliphatic heterocycles. The lowest BCUT2D eigenvalue weighted by molar-refractivity contribution is -0.216. The van der Waals surface area contributed by atoms with E-state index in [2.05, 4.69) is 48.8 Å². The third kappa shape index (κ3) is 29.8. The van der Waals surface area contributed by atoms with Crippen LogP contribution in [0, 0.1) is 0 Å². The molecule has 0 heterocycles. The number of phosphoric acid groups is 2. The number of carbonyl (C=O) groups is 2. The van der Waals surface area contributed by atoms with Crippen molar-refractivity contribution >= 4 is 27.6 Å². The van der Waals surface area contributed by atoms with Gasteiger partial charge in [0.25, 0.3) is 0 Å². The average molecular weight is 951 g/mol. The topological polar surface area (TPSA) is 276 Å². The number of carbonyl (C=O) groups excluding carboxylic acids is 2. The van der Waals surface area contributed by atoms with Crippen LogP contribution >= 0.6 is 15.6 Å². The van der Waals surface area contributed by atoms with Crippen molar-refractivity contribution in [3.63, 3.8) is 0 Å². The summed E-state index contributed by atoms with van der Waals surface area (Å²) in [6.07, 6.45) is 23.2. The monoisotopic (exact) mass is 950 g/mol. The van der Waals surface area contributed by atoms with Gasteiger partial charge in [0.1, 0.15) is 43.2 Å². The summed E-state index contributed by atoms with van der Waals surface area (Å²) in [5.41, 5.74) is 0. The quantitative estimate of drug-likeness (QED) is 0.0103. The van der Waals surface area contributed by atoms with Gasteiger partial charge in [-0.05, 0) is 70.6 Å². The molecule has 0 aromatic heterocycles. The Labute approximate surface area is 379 Å². The Balaban J connectivity index is 2.70. The van der Waals surface area contributed by atoms with Crippen molar-refractivity contribution in [3.05, 3.63) is 72.9 Å². The van der Waals surface area contributed by atoms with E-state index in [1.165, 1.54) is 12.8 Å². The normalized spacial score (nSPS) is 23.0. The second-order valence-corrected chi connectivity index (χ2v) is 18.2. The highest BCUT2D eigenvalue weighted by atomic mass is 31.2. The van der Waals surface area contributed by atoms with E-state index in [0.29, 0.717) is 32.1 Å². The van der Waals surface area contributed by atoms with E-state index in [-0.39, 0.29) is 12.8 Å². The molecule has 0 aromatic carbocycles. The van der Waals surface area contributed by atoms with Gasteiger partial charge in [0.2, 0.25) is 0 Å². The molecule has 1 aliphatic rings. The van der Waals surface area contributed by atoms with E-state index in [0.717, 1.165) is 64.2 Å². The minimum Gasteiger partial charge on any atom is -0.462 e.